The van der Waals surface area contributed by atoms with Crippen LogP contribution in [-0.2, 0) is 16.1 Å². The Balaban J connectivity index is 1.99. The van der Waals surface area contributed by atoms with Crippen molar-refractivity contribution in [1.82, 2.24) is 5.32 Å². The summed E-state index contributed by atoms with van der Waals surface area (Å²) in [5.74, 6) is -0.228. The SMILES string of the molecule is CC(C)(C)OC(=O)NCc1cccc(C(CC(=O)O)C2CC2)c1. The predicted molar refractivity (Wildman–Crippen MR) is 87.2 cm³/mol. The standard InChI is InChI=1S/C18H25NO4/c1-18(2,3)23-17(22)19-11-12-5-4-6-14(9-12)15(10-16(20)21)13-7-8-13/h4-6,9,13,15H,7-8,10-11H2,1-3H3,(H,19,22)(H,20,21). The molecular formula is C18H25NO4. The Morgan fingerprint density at radius 2 is 2.04 bits per heavy atom. The molecule has 1 aromatic carbocycles. The fourth-order valence-corrected chi connectivity index (χ4v) is 2.67. The number of alkyl carbamates (subject to hydrolysis) is 1. The van der Waals surface area contributed by atoms with Crippen LogP contribution >= 0.6 is 0 Å². The average molecular weight is 319 g/mol. The molecule has 5 nitrogen and oxygen atoms in total. The molecule has 126 valence electrons. The van der Waals surface area contributed by atoms with Gasteiger partial charge in [0.2, 0.25) is 0 Å². The van der Waals surface area contributed by atoms with Crippen molar-refractivity contribution in [2.24, 2.45) is 5.92 Å². The first-order valence-corrected chi connectivity index (χ1v) is 8.02. The van der Waals surface area contributed by atoms with Crippen LogP contribution in [0.15, 0.2) is 24.3 Å². The van der Waals surface area contributed by atoms with E-state index in [1.165, 1.54) is 0 Å². The van der Waals surface area contributed by atoms with Gasteiger partial charge in [-0.3, -0.25) is 4.79 Å². The molecule has 2 rings (SSSR count). The highest BCUT2D eigenvalue weighted by atomic mass is 16.6. The highest BCUT2D eigenvalue weighted by Gasteiger charge is 2.33. The van der Waals surface area contributed by atoms with Gasteiger partial charge >= 0.3 is 12.1 Å². The van der Waals surface area contributed by atoms with Crippen LogP contribution in [0, 0.1) is 5.92 Å². The summed E-state index contributed by atoms with van der Waals surface area (Å²) in [5, 5.41) is 11.8. The molecule has 1 aliphatic carbocycles. The first kappa shape index (κ1) is 17.3. The minimum Gasteiger partial charge on any atom is -0.481 e. The topological polar surface area (TPSA) is 75.6 Å². The van der Waals surface area contributed by atoms with Gasteiger partial charge in [-0.25, -0.2) is 4.79 Å². The van der Waals surface area contributed by atoms with E-state index in [-0.39, 0.29) is 12.3 Å². The van der Waals surface area contributed by atoms with Crippen LogP contribution in [0.2, 0.25) is 0 Å². The summed E-state index contributed by atoms with van der Waals surface area (Å²) in [6, 6.07) is 7.80. The molecule has 1 aliphatic rings. The van der Waals surface area contributed by atoms with E-state index >= 15 is 0 Å². The first-order valence-electron chi connectivity index (χ1n) is 8.02. The summed E-state index contributed by atoms with van der Waals surface area (Å²) in [7, 11) is 0. The maximum Gasteiger partial charge on any atom is 0.407 e. The van der Waals surface area contributed by atoms with Crippen molar-refractivity contribution in [2.75, 3.05) is 0 Å². The highest BCUT2D eigenvalue weighted by Crippen LogP contribution is 2.44. The summed E-state index contributed by atoms with van der Waals surface area (Å²) < 4.78 is 5.21. The minimum atomic E-state index is -0.765. The molecule has 1 saturated carbocycles. The van der Waals surface area contributed by atoms with Gasteiger partial charge in [0.15, 0.2) is 0 Å². The quantitative estimate of drug-likeness (QED) is 0.838. The number of hydrogen-bond acceptors (Lipinski definition) is 3. The molecule has 1 aromatic rings. The third-order valence-corrected chi connectivity index (χ3v) is 3.80. The lowest BCUT2D eigenvalue weighted by molar-refractivity contribution is -0.137. The summed E-state index contributed by atoms with van der Waals surface area (Å²) in [6.07, 6.45) is 1.90. The Hall–Kier alpha value is -2.04. The second-order valence-electron chi connectivity index (χ2n) is 7.14. The van der Waals surface area contributed by atoms with Crippen molar-refractivity contribution < 1.29 is 19.4 Å². The van der Waals surface area contributed by atoms with E-state index in [0.717, 1.165) is 24.0 Å². The van der Waals surface area contributed by atoms with Crippen molar-refractivity contribution in [2.45, 2.75) is 58.1 Å². The van der Waals surface area contributed by atoms with E-state index in [1.807, 2.05) is 45.0 Å². The molecule has 0 bridgehead atoms. The number of benzene rings is 1. The van der Waals surface area contributed by atoms with Gasteiger partial charge in [-0.05, 0) is 56.6 Å². The Labute approximate surface area is 137 Å². The van der Waals surface area contributed by atoms with Gasteiger partial charge in [0.25, 0.3) is 0 Å². The first-order chi connectivity index (χ1) is 10.7. The number of nitrogens with one attached hydrogen (secondary N) is 1. The number of ether oxygens (including phenoxy) is 1. The lowest BCUT2D eigenvalue weighted by atomic mass is 9.90. The fraction of sp³-hybridized carbons (Fsp3) is 0.556. The van der Waals surface area contributed by atoms with E-state index in [1.54, 1.807) is 0 Å². The zero-order chi connectivity index (χ0) is 17.0. The zero-order valence-electron chi connectivity index (χ0n) is 14.0. The normalized spacial score (nSPS) is 15.8. The lowest BCUT2D eigenvalue weighted by Crippen LogP contribution is -2.32. The summed E-state index contributed by atoms with van der Waals surface area (Å²) in [6.45, 7) is 5.82. The number of rotatable bonds is 6. The maximum atomic E-state index is 11.7. The fourth-order valence-electron chi connectivity index (χ4n) is 2.67. The monoisotopic (exact) mass is 319 g/mol. The number of carbonyl (C=O) groups excluding carboxylic acids is 1. The molecule has 1 amide bonds. The second kappa shape index (κ2) is 7.02. The van der Waals surface area contributed by atoms with Crippen LogP contribution in [0.5, 0.6) is 0 Å². The lowest BCUT2D eigenvalue weighted by Gasteiger charge is -2.20. The van der Waals surface area contributed by atoms with Gasteiger partial charge < -0.3 is 15.2 Å². The predicted octanol–water partition coefficient (Wildman–Crippen LogP) is 3.68. The molecule has 23 heavy (non-hydrogen) atoms. The average Bonchev–Trinajstić information content (AvgIpc) is 3.25. The number of carbonyl (C=O) groups is 2. The number of hydrogen-bond donors (Lipinski definition) is 2. The molecule has 1 unspecified atom stereocenters. The minimum absolute atomic E-state index is 0.0639. The van der Waals surface area contributed by atoms with Gasteiger partial charge in [-0.1, -0.05) is 24.3 Å². The molecule has 1 atom stereocenters. The molecule has 0 radical (unpaired) electrons. The van der Waals surface area contributed by atoms with Crippen LogP contribution in [0.4, 0.5) is 4.79 Å². The van der Waals surface area contributed by atoms with E-state index in [9.17, 15) is 9.59 Å². The number of carboxylic acid groups (broad SMARTS) is 1. The van der Waals surface area contributed by atoms with Crippen molar-refractivity contribution in [1.29, 1.82) is 0 Å². The summed E-state index contributed by atoms with van der Waals surface area (Å²) in [4.78, 5) is 22.8. The van der Waals surface area contributed by atoms with Crippen molar-refractivity contribution in [3.8, 4) is 0 Å². The van der Waals surface area contributed by atoms with E-state index in [4.69, 9.17) is 9.84 Å². The van der Waals surface area contributed by atoms with Gasteiger partial charge in [0.05, 0.1) is 6.42 Å². The Morgan fingerprint density at radius 1 is 1.35 bits per heavy atom. The van der Waals surface area contributed by atoms with Crippen LogP contribution in [0.25, 0.3) is 0 Å². The van der Waals surface area contributed by atoms with E-state index < -0.39 is 17.7 Å². The van der Waals surface area contributed by atoms with E-state index in [0.29, 0.717) is 12.5 Å². The Kier molecular flexibility index (Phi) is 5.29. The third kappa shape index (κ3) is 5.93. The molecule has 0 heterocycles. The van der Waals surface area contributed by atoms with Crippen molar-refractivity contribution in [3.05, 3.63) is 35.4 Å². The number of carboxylic acids is 1. The van der Waals surface area contributed by atoms with Gasteiger partial charge in [0, 0.05) is 6.54 Å². The van der Waals surface area contributed by atoms with Crippen LogP contribution in [-0.4, -0.2) is 22.8 Å². The Morgan fingerprint density at radius 3 is 2.61 bits per heavy atom. The number of amides is 1. The van der Waals surface area contributed by atoms with Gasteiger partial charge in [-0.2, -0.15) is 0 Å². The van der Waals surface area contributed by atoms with Crippen molar-refractivity contribution in [3.63, 3.8) is 0 Å². The zero-order valence-corrected chi connectivity index (χ0v) is 14.0. The van der Waals surface area contributed by atoms with Crippen LogP contribution < -0.4 is 5.32 Å². The smallest absolute Gasteiger partial charge is 0.407 e. The molecular weight excluding hydrogens is 294 g/mol. The molecule has 0 saturated heterocycles. The van der Waals surface area contributed by atoms with E-state index in [2.05, 4.69) is 5.32 Å². The van der Waals surface area contributed by atoms with Gasteiger partial charge in [0.1, 0.15) is 5.60 Å². The Bertz CT molecular complexity index is 573. The van der Waals surface area contributed by atoms with Crippen molar-refractivity contribution >= 4 is 12.1 Å². The third-order valence-electron chi connectivity index (χ3n) is 3.80. The molecule has 0 spiro atoms. The highest BCUT2D eigenvalue weighted by molar-refractivity contribution is 5.68. The number of aliphatic carboxylic acids is 1. The molecule has 5 heteroatoms. The summed E-state index contributed by atoms with van der Waals surface area (Å²) >= 11 is 0. The molecule has 2 N–H and O–H groups in total. The largest absolute Gasteiger partial charge is 0.481 e. The van der Waals surface area contributed by atoms with Crippen LogP contribution in [0.3, 0.4) is 0 Å². The summed E-state index contributed by atoms with van der Waals surface area (Å²) in [5.41, 5.74) is 1.47. The molecule has 0 aromatic heterocycles. The van der Waals surface area contributed by atoms with Gasteiger partial charge in [-0.15, -0.1) is 0 Å². The van der Waals surface area contributed by atoms with Crippen LogP contribution in [0.1, 0.15) is 57.1 Å². The second-order valence-corrected chi connectivity index (χ2v) is 7.14. The molecule has 1 fully saturated rings. The maximum absolute atomic E-state index is 11.7. The molecule has 0 aliphatic heterocycles.